The van der Waals surface area contributed by atoms with Gasteiger partial charge in [0.25, 0.3) is 0 Å². The maximum absolute atomic E-state index is 12.2. The first kappa shape index (κ1) is 32.4. The first-order valence-corrected chi connectivity index (χ1v) is 18.5. The van der Waals surface area contributed by atoms with Gasteiger partial charge in [-0.15, -0.1) is 0 Å². The molecule has 46 heavy (non-hydrogen) atoms. The van der Waals surface area contributed by atoms with Crippen molar-refractivity contribution >= 4 is 5.97 Å². The Balaban J connectivity index is 0.988. The molecule has 13 atom stereocenters. The highest BCUT2D eigenvalue weighted by molar-refractivity contribution is 5.66. The van der Waals surface area contributed by atoms with Crippen molar-refractivity contribution in [1.82, 2.24) is 4.90 Å². The Hall–Kier alpha value is -0.810. The Morgan fingerprint density at radius 2 is 1.76 bits per heavy atom. The summed E-state index contributed by atoms with van der Waals surface area (Å²) in [7, 11) is 0. The molecule has 8 fully saturated rings. The number of aliphatic hydroxyl groups excluding tert-OH is 1. The summed E-state index contributed by atoms with van der Waals surface area (Å²) in [6, 6.07) is 0.513. The molecule has 260 valence electrons. The Bertz CT molecular complexity index is 1200. The third-order valence-electron chi connectivity index (χ3n) is 15.4. The minimum Gasteiger partial charge on any atom is -0.457 e. The van der Waals surface area contributed by atoms with Crippen LogP contribution in [-0.2, 0) is 28.5 Å². The lowest BCUT2D eigenvalue weighted by Crippen LogP contribution is -2.58. The van der Waals surface area contributed by atoms with Crippen LogP contribution >= 0.6 is 0 Å². The third kappa shape index (κ3) is 4.61. The fraction of sp³-hybridized carbons (Fsp3) is 0.973. The van der Waals surface area contributed by atoms with Crippen LogP contribution in [0.1, 0.15) is 99.3 Å². The second-order valence-electron chi connectivity index (χ2n) is 18.2. The number of esters is 1. The number of morpholine rings is 1. The number of nitrogens with zero attached hydrogens (tertiary/aromatic N) is 1. The van der Waals surface area contributed by atoms with E-state index in [1.807, 2.05) is 0 Å². The fourth-order valence-corrected chi connectivity index (χ4v) is 13.3. The first-order chi connectivity index (χ1) is 21.7. The first-order valence-electron chi connectivity index (χ1n) is 18.5. The van der Waals surface area contributed by atoms with Crippen molar-refractivity contribution in [3.05, 3.63) is 0 Å². The van der Waals surface area contributed by atoms with Crippen LogP contribution < -0.4 is 0 Å². The third-order valence-corrected chi connectivity index (χ3v) is 15.4. The lowest BCUT2D eigenvalue weighted by Gasteiger charge is -2.60. The fourth-order valence-electron chi connectivity index (χ4n) is 13.3. The number of aliphatic hydroxyl groups is 2. The van der Waals surface area contributed by atoms with Crippen LogP contribution in [0, 0.1) is 45.3 Å². The molecule has 0 bridgehead atoms. The predicted octanol–water partition coefficient (Wildman–Crippen LogP) is 4.31. The predicted molar refractivity (Wildman–Crippen MR) is 170 cm³/mol. The Morgan fingerprint density at radius 3 is 2.46 bits per heavy atom. The zero-order valence-corrected chi connectivity index (χ0v) is 29.0. The van der Waals surface area contributed by atoms with Crippen molar-refractivity contribution < 1.29 is 38.7 Å². The number of carbonyl (C=O) groups is 1. The average Bonchev–Trinajstić information content (AvgIpc) is 3.57. The van der Waals surface area contributed by atoms with E-state index in [1.165, 1.54) is 32.6 Å². The molecule has 2 spiro atoms. The molecule has 9 heteroatoms. The number of rotatable bonds is 6. The molecule has 5 aliphatic carbocycles. The van der Waals surface area contributed by atoms with Gasteiger partial charge in [0, 0.05) is 13.5 Å². The topological polar surface area (TPSA) is 107 Å². The molecule has 3 heterocycles. The van der Waals surface area contributed by atoms with E-state index in [1.54, 1.807) is 13.8 Å². The molecule has 0 aromatic rings. The van der Waals surface area contributed by atoms with Crippen molar-refractivity contribution in [2.75, 3.05) is 32.9 Å². The van der Waals surface area contributed by atoms with Crippen LogP contribution in [0.15, 0.2) is 0 Å². The van der Waals surface area contributed by atoms with Gasteiger partial charge >= 0.3 is 5.97 Å². The molecule has 0 aromatic heterocycles. The van der Waals surface area contributed by atoms with Crippen molar-refractivity contribution in [3.63, 3.8) is 0 Å². The van der Waals surface area contributed by atoms with Gasteiger partial charge in [-0.2, -0.15) is 0 Å². The molecule has 3 saturated heterocycles. The maximum atomic E-state index is 12.2. The number of carbonyl (C=O) groups excluding carboxylic acids is 1. The van der Waals surface area contributed by atoms with Crippen molar-refractivity contribution in [2.45, 2.75) is 148 Å². The Morgan fingerprint density at radius 1 is 1.00 bits per heavy atom. The Labute approximate surface area is 275 Å². The van der Waals surface area contributed by atoms with E-state index < -0.39 is 29.9 Å². The van der Waals surface area contributed by atoms with E-state index in [9.17, 15) is 15.0 Å². The monoisotopic (exact) mass is 645 g/mol. The summed E-state index contributed by atoms with van der Waals surface area (Å²) in [6.07, 6.45) is 8.07. The number of hydrogen-bond donors (Lipinski definition) is 2. The molecule has 8 rings (SSSR count). The maximum Gasteiger partial charge on any atom is 0.303 e. The highest BCUT2D eigenvalue weighted by atomic mass is 16.7. The van der Waals surface area contributed by atoms with Crippen LogP contribution in [0.4, 0.5) is 0 Å². The second kappa shape index (κ2) is 10.8. The summed E-state index contributed by atoms with van der Waals surface area (Å²) in [5.41, 5.74) is -0.456. The van der Waals surface area contributed by atoms with E-state index >= 15 is 0 Å². The summed E-state index contributed by atoms with van der Waals surface area (Å²) in [6.45, 7) is 16.3. The Kier molecular flexibility index (Phi) is 7.64. The van der Waals surface area contributed by atoms with Gasteiger partial charge in [0.2, 0.25) is 0 Å². The molecule has 0 amide bonds. The normalized spacial score (nSPS) is 50.6. The van der Waals surface area contributed by atoms with Crippen LogP contribution in [-0.4, -0.2) is 102 Å². The van der Waals surface area contributed by atoms with E-state index in [4.69, 9.17) is 23.7 Å². The molecular weight excluding hydrogens is 586 g/mol. The quantitative estimate of drug-likeness (QED) is 0.409. The van der Waals surface area contributed by atoms with Crippen LogP contribution in [0.25, 0.3) is 0 Å². The smallest absolute Gasteiger partial charge is 0.303 e. The highest BCUT2D eigenvalue weighted by Crippen LogP contribution is 2.87. The van der Waals surface area contributed by atoms with Gasteiger partial charge in [-0.25, -0.2) is 0 Å². The van der Waals surface area contributed by atoms with Crippen molar-refractivity contribution in [2.24, 2.45) is 45.3 Å². The average molecular weight is 646 g/mol. The minimum atomic E-state index is -1.23. The summed E-state index contributed by atoms with van der Waals surface area (Å²) in [4.78, 5) is 14.5. The van der Waals surface area contributed by atoms with E-state index in [2.05, 4.69) is 25.7 Å². The zero-order valence-electron chi connectivity index (χ0n) is 29.0. The molecule has 2 N–H and O–H groups in total. The largest absolute Gasteiger partial charge is 0.457 e. The van der Waals surface area contributed by atoms with Gasteiger partial charge < -0.3 is 33.9 Å². The molecular formula is C37H59NO8. The number of hydrogen-bond acceptors (Lipinski definition) is 9. The number of fused-ring (bicyclic) bond motifs is 4. The molecule has 9 unspecified atom stereocenters. The van der Waals surface area contributed by atoms with E-state index in [-0.39, 0.29) is 41.2 Å². The summed E-state index contributed by atoms with van der Waals surface area (Å²) >= 11 is 0. The second-order valence-corrected chi connectivity index (χ2v) is 18.2. The molecule has 8 aliphatic rings. The summed E-state index contributed by atoms with van der Waals surface area (Å²) in [5.74, 6) is 1.23. The van der Waals surface area contributed by atoms with E-state index in [0.717, 1.165) is 65.0 Å². The van der Waals surface area contributed by atoms with Crippen molar-refractivity contribution in [1.29, 1.82) is 0 Å². The molecule has 0 radical (unpaired) electrons. The molecule has 5 saturated carbocycles. The van der Waals surface area contributed by atoms with Gasteiger partial charge in [0.05, 0.1) is 62.4 Å². The minimum absolute atomic E-state index is 0.0404. The van der Waals surface area contributed by atoms with Crippen LogP contribution in [0.3, 0.4) is 0 Å². The SMILES string of the molecule is CC(=O)O[C@@H](C1CC[C@H]2C(O1)C(O)C1C3CC[C@H]4C(C)(C)[C@@H](OC5CN(C6COC6)CCO5)CCC45CC35CCC12C)C(C)(C)O. The number of ether oxygens (including phenoxy) is 5. The molecule has 0 aromatic carbocycles. The molecule has 9 nitrogen and oxygen atoms in total. The van der Waals surface area contributed by atoms with Crippen LogP contribution in [0.2, 0.25) is 0 Å². The van der Waals surface area contributed by atoms with E-state index in [0.29, 0.717) is 28.7 Å². The van der Waals surface area contributed by atoms with Crippen LogP contribution in [0.5, 0.6) is 0 Å². The van der Waals surface area contributed by atoms with Gasteiger partial charge in [0.15, 0.2) is 12.4 Å². The lowest BCUT2D eigenvalue weighted by molar-refractivity contribution is -0.254. The van der Waals surface area contributed by atoms with Crippen molar-refractivity contribution in [3.8, 4) is 0 Å². The lowest BCUT2D eigenvalue weighted by atomic mass is 9.46. The van der Waals surface area contributed by atoms with Gasteiger partial charge in [-0.1, -0.05) is 20.8 Å². The standard InChI is InChI=1S/C37H59NO8/c1-21(39)44-32(34(4,5)41)25-9-7-24-31(45-25)30(40)29-23-8-10-26-33(2,3)27(46-28-17-38(15-16-43-28)22-18-42-19-22)11-12-37(26)20-36(23,37)14-13-35(24,29)6/h22-32,40-41H,7-20H2,1-6H3/t23?,24-,25?,26-,27-,28?,29?,30?,31?,32-,35?,36?,37?/m0/s1. The van der Waals surface area contributed by atoms with Gasteiger partial charge in [-0.3, -0.25) is 9.69 Å². The highest BCUT2D eigenvalue weighted by Gasteiger charge is 2.81. The summed E-state index contributed by atoms with van der Waals surface area (Å²) < 4.78 is 30.9. The van der Waals surface area contributed by atoms with Gasteiger partial charge in [0.1, 0.15) is 0 Å². The van der Waals surface area contributed by atoms with Gasteiger partial charge in [-0.05, 0) is 117 Å². The molecule has 3 aliphatic heterocycles. The zero-order chi connectivity index (χ0) is 32.4. The summed E-state index contributed by atoms with van der Waals surface area (Å²) in [5, 5.41) is 23.1.